The van der Waals surface area contributed by atoms with E-state index in [4.69, 9.17) is 9.15 Å². The molecule has 0 spiro atoms. The van der Waals surface area contributed by atoms with Gasteiger partial charge in [0.15, 0.2) is 11.9 Å². The maximum Gasteiger partial charge on any atom is 0.419 e. The number of amides is 1. The van der Waals surface area contributed by atoms with Gasteiger partial charge in [0.1, 0.15) is 11.6 Å². The lowest BCUT2D eigenvalue weighted by atomic mass is 10.2. The number of halogens is 3. The number of alkyl halides is 3. The van der Waals surface area contributed by atoms with Crippen LogP contribution in [0.1, 0.15) is 18.3 Å². The van der Waals surface area contributed by atoms with E-state index in [1.54, 1.807) is 12.1 Å². The molecule has 2 N–H and O–H groups in total. The summed E-state index contributed by atoms with van der Waals surface area (Å²) >= 11 is 0. The molecule has 0 aliphatic rings. The maximum atomic E-state index is 13.0. The zero-order valence-electron chi connectivity index (χ0n) is 14.1. The van der Waals surface area contributed by atoms with Gasteiger partial charge in [-0.15, -0.1) is 5.10 Å². The summed E-state index contributed by atoms with van der Waals surface area (Å²) in [6.07, 6.45) is -4.24. The third kappa shape index (κ3) is 4.46. The fraction of sp³-hybridized carbons (Fsp3) is 0.235. The van der Waals surface area contributed by atoms with Crippen LogP contribution in [0.15, 0.2) is 47.1 Å². The van der Waals surface area contributed by atoms with E-state index in [1.807, 2.05) is 0 Å². The lowest BCUT2D eigenvalue weighted by Gasteiger charge is -2.18. The predicted molar refractivity (Wildman–Crippen MR) is 87.5 cm³/mol. The van der Waals surface area contributed by atoms with E-state index in [-0.39, 0.29) is 6.54 Å². The van der Waals surface area contributed by atoms with E-state index in [0.717, 1.165) is 6.07 Å². The molecule has 0 saturated carbocycles. The number of hydrogen-bond donors (Lipinski definition) is 2. The van der Waals surface area contributed by atoms with Crippen molar-refractivity contribution >= 4 is 5.91 Å². The SMILES string of the molecule is CC(Oc1ccccc1C(F)(F)F)C(=O)NCc1nc(-c2ccco2)n[nH]1. The summed E-state index contributed by atoms with van der Waals surface area (Å²) in [5, 5.41) is 9.12. The van der Waals surface area contributed by atoms with Crippen LogP contribution >= 0.6 is 0 Å². The van der Waals surface area contributed by atoms with Crippen LogP contribution in [0.5, 0.6) is 5.75 Å². The lowest BCUT2D eigenvalue weighted by molar-refractivity contribution is -0.140. The van der Waals surface area contributed by atoms with E-state index < -0.39 is 29.5 Å². The number of aromatic nitrogens is 3. The molecule has 1 unspecified atom stereocenters. The number of benzene rings is 1. The molecule has 3 rings (SSSR count). The number of rotatable bonds is 6. The average molecular weight is 380 g/mol. The number of hydrogen-bond acceptors (Lipinski definition) is 5. The second kappa shape index (κ2) is 7.52. The molecule has 1 aromatic carbocycles. The largest absolute Gasteiger partial charge is 0.480 e. The predicted octanol–water partition coefficient (Wildman–Crippen LogP) is 3.17. The smallest absolute Gasteiger partial charge is 0.419 e. The Morgan fingerprint density at radius 1 is 1.30 bits per heavy atom. The number of furan rings is 1. The first kappa shape index (κ1) is 18.5. The van der Waals surface area contributed by atoms with Gasteiger partial charge < -0.3 is 14.5 Å². The number of carbonyl (C=O) groups is 1. The molecule has 0 fully saturated rings. The second-order valence-corrected chi connectivity index (χ2v) is 5.55. The molecular formula is C17H15F3N4O3. The monoisotopic (exact) mass is 380 g/mol. The molecule has 2 heterocycles. The van der Waals surface area contributed by atoms with Crippen molar-refractivity contribution in [2.45, 2.75) is 25.7 Å². The molecule has 27 heavy (non-hydrogen) atoms. The van der Waals surface area contributed by atoms with E-state index in [2.05, 4.69) is 20.5 Å². The van der Waals surface area contributed by atoms with Gasteiger partial charge in [0, 0.05) is 0 Å². The Morgan fingerprint density at radius 3 is 2.78 bits per heavy atom. The number of ether oxygens (including phenoxy) is 1. The fourth-order valence-corrected chi connectivity index (χ4v) is 2.25. The summed E-state index contributed by atoms with van der Waals surface area (Å²) in [6, 6.07) is 8.08. The average Bonchev–Trinajstić information content (AvgIpc) is 3.30. The van der Waals surface area contributed by atoms with Crippen molar-refractivity contribution in [1.29, 1.82) is 0 Å². The summed E-state index contributed by atoms with van der Waals surface area (Å²) in [5.74, 6) is 0.143. The quantitative estimate of drug-likeness (QED) is 0.685. The van der Waals surface area contributed by atoms with Crippen LogP contribution in [0.2, 0.25) is 0 Å². The molecule has 0 aliphatic heterocycles. The molecule has 142 valence electrons. The highest BCUT2D eigenvalue weighted by Gasteiger charge is 2.34. The van der Waals surface area contributed by atoms with Crippen LogP contribution in [0.3, 0.4) is 0 Å². The standard InChI is InChI=1S/C17H15F3N4O3/c1-10(27-12-6-3-2-5-11(12)17(18,19)20)16(25)21-9-14-22-15(24-23-14)13-7-4-8-26-13/h2-8,10H,9H2,1H3,(H,21,25)(H,22,23,24). The third-order valence-electron chi connectivity index (χ3n) is 3.57. The molecule has 3 aromatic rings. The van der Waals surface area contributed by atoms with Gasteiger partial charge in [0.05, 0.1) is 18.4 Å². The topological polar surface area (TPSA) is 93.0 Å². The van der Waals surface area contributed by atoms with Crippen molar-refractivity contribution in [3.8, 4) is 17.3 Å². The molecule has 1 atom stereocenters. The molecule has 0 bridgehead atoms. The van der Waals surface area contributed by atoms with Crippen molar-refractivity contribution in [3.05, 3.63) is 54.0 Å². The Morgan fingerprint density at radius 2 is 2.07 bits per heavy atom. The Balaban J connectivity index is 1.59. The summed E-state index contributed by atoms with van der Waals surface area (Å²) in [4.78, 5) is 16.3. The molecule has 10 heteroatoms. The number of nitrogens with zero attached hydrogens (tertiary/aromatic N) is 2. The normalized spacial score (nSPS) is 12.6. The maximum absolute atomic E-state index is 13.0. The van der Waals surface area contributed by atoms with Gasteiger partial charge in [0.25, 0.3) is 5.91 Å². The Labute approximate surface area is 151 Å². The first-order chi connectivity index (χ1) is 12.8. The van der Waals surface area contributed by atoms with Crippen molar-refractivity contribution in [3.63, 3.8) is 0 Å². The van der Waals surface area contributed by atoms with Gasteiger partial charge >= 0.3 is 6.18 Å². The Hall–Kier alpha value is -3.30. The molecular weight excluding hydrogens is 365 g/mol. The third-order valence-corrected chi connectivity index (χ3v) is 3.57. The first-order valence-electron chi connectivity index (χ1n) is 7.90. The number of H-pyrrole nitrogens is 1. The highest BCUT2D eigenvalue weighted by molar-refractivity contribution is 5.80. The minimum absolute atomic E-state index is 0.00115. The number of carbonyl (C=O) groups excluding carboxylic acids is 1. The molecule has 0 aliphatic carbocycles. The highest BCUT2D eigenvalue weighted by Crippen LogP contribution is 2.36. The van der Waals surface area contributed by atoms with Gasteiger partial charge in [0.2, 0.25) is 5.82 Å². The summed E-state index contributed by atoms with van der Waals surface area (Å²) < 4.78 is 49.3. The summed E-state index contributed by atoms with van der Waals surface area (Å²) in [5.41, 5.74) is -0.942. The van der Waals surface area contributed by atoms with Crippen molar-refractivity contribution < 1.29 is 27.1 Å². The Bertz CT molecular complexity index is 906. The zero-order chi connectivity index (χ0) is 19.4. The van der Waals surface area contributed by atoms with Gasteiger partial charge in [-0.1, -0.05) is 12.1 Å². The molecule has 1 amide bonds. The first-order valence-corrected chi connectivity index (χ1v) is 7.90. The Kier molecular flexibility index (Phi) is 5.15. The van der Waals surface area contributed by atoms with E-state index in [9.17, 15) is 18.0 Å². The van der Waals surface area contributed by atoms with Gasteiger partial charge in [-0.25, -0.2) is 4.98 Å². The zero-order valence-corrected chi connectivity index (χ0v) is 14.1. The fourth-order valence-electron chi connectivity index (χ4n) is 2.25. The van der Waals surface area contributed by atoms with Crippen LogP contribution in [0.25, 0.3) is 11.6 Å². The van der Waals surface area contributed by atoms with Crippen LogP contribution in [0, 0.1) is 0 Å². The molecule has 0 saturated heterocycles. The lowest BCUT2D eigenvalue weighted by Crippen LogP contribution is -2.36. The van der Waals surface area contributed by atoms with Crippen LogP contribution in [0.4, 0.5) is 13.2 Å². The van der Waals surface area contributed by atoms with E-state index >= 15 is 0 Å². The van der Waals surface area contributed by atoms with Gasteiger partial charge in [-0.3, -0.25) is 9.89 Å². The molecule has 0 radical (unpaired) electrons. The number of aromatic amines is 1. The van der Waals surface area contributed by atoms with Crippen LogP contribution in [-0.2, 0) is 17.5 Å². The summed E-state index contributed by atoms with van der Waals surface area (Å²) in [6.45, 7) is 1.36. The van der Waals surface area contributed by atoms with Crippen LogP contribution < -0.4 is 10.1 Å². The van der Waals surface area contributed by atoms with E-state index in [0.29, 0.717) is 17.4 Å². The minimum Gasteiger partial charge on any atom is -0.480 e. The highest BCUT2D eigenvalue weighted by atomic mass is 19.4. The molecule has 2 aromatic heterocycles. The van der Waals surface area contributed by atoms with Crippen LogP contribution in [-0.4, -0.2) is 27.2 Å². The number of nitrogens with one attached hydrogen (secondary N) is 2. The molecule has 7 nitrogen and oxygen atoms in total. The van der Waals surface area contributed by atoms with E-state index in [1.165, 1.54) is 31.4 Å². The van der Waals surface area contributed by atoms with Gasteiger partial charge in [-0.2, -0.15) is 13.2 Å². The van der Waals surface area contributed by atoms with Crippen molar-refractivity contribution in [1.82, 2.24) is 20.5 Å². The number of para-hydroxylation sites is 1. The summed E-state index contributed by atoms with van der Waals surface area (Å²) in [7, 11) is 0. The second-order valence-electron chi connectivity index (χ2n) is 5.55. The van der Waals surface area contributed by atoms with Gasteiger partial charge in [-0.05, 0) is 31.2 Å². The minimum atomic E-state index is -4.57. The van der Waals surface area contributed by atoms with Crippen molar-refractivity contribution in [2.75, 3.05) is 0 Å². The van der Waals surface area contributed by atoms with Crippen molar-refractivity contribution in [2.24, 2.45) is 0 Å².